The lowest BCUT2D eigenvalue weighted by molar-refractivity contribution is 0.568. The van der Waals surface area contributed by atoms with Gasteiger partial charge in [0.2, 0.25) is 0 Å². The van der Waals surface area contributed by atoms with Crippen LogP contribution in [0.1, 0.15) is 116 Å². The van der Waals surface area contributed by atoms with Crippen molar-refractivity contribution in [3.63, 3.8) is 0 Å². The molecular weight excluding hydrogens is 950 g/mol. The molecule has 0 spiro atoms. The monoisotopic (exact) mass is 1020 g/mol. The average Bonchev–Trinajstić information content (AvgIpc) is 3.98. The van der Waals surface area contributed by atoms with E-state index >= 15 is 0 Å². The lowest BCUT2D eigenvalue weighted by Crippen LogP contribution is -2.62. The summed E-state index contributed by atoms with van der Waals surface area (Å²) in [5.74, 6) is 0. The SMILES string of the molecule is Cc1c(C(C)(C)C)ccc2c1N(c1ccccc1)c1c(C)c(C(C)(C)C)cc3c1B2c1cc2c4ccccc4n(-c4cc(C(C)(C)C)cc(C(C)(C)C)c4)c2cc1N3c1ccc(-c2cccc3c2sc2ccccc23)cc1. The molecule has 0 fully saturated rings. The number of nitrogens with zero attached hydrogens (tertiary/aromatic N) is 3. The summed E-state index contributed by atoms with van der Waals surface area (Å²) in [5.41, 5.74) is 25.3. The van der Waals surface area contributed by atoms with Gasteiger partial charge in [0.25, 0.3) is 6.71 Å². The van der Waals surface area contributed by atoms with Crippen molar-refractivity contribution in [3.8, 4) is 16.8 Å². The highest BCUT2D eigenvalue weighted by Crippen LogP contribution is 2.51. The van der Waals surface area contributed by atoms with Gasteiger partial charge in [-0.2, -0.15) is 0 Å². The number of benzene rings is 9. The molecule has 0 bridgehead atoms. The highest BCUT2D eigenvalue weighted by molar-refractivity contribution is 7.26. The third kappa shape index (κ3) is 7.65. The third-order valence-corrected chi connectivity index (χ3v) is 18.3. The van der Waals surface area contributed by atoms with E-state index in [1.165, 1.54) is 137 Å². The van der Waals surface area contributed by atoms with Crippen LogP contribution in [0.2, 0.25) is 0 Å². The molecule has 2 aromatic heterocycles. The Morgan fingerprint density at radius 2 is 1.01 bits per heavy atom. The van der Waals surface area contributed by atoms with E-state index in [1.54, 1.807) is 0 Å². The number of anilines is 6. The Balaban J connectivity index is 1.16. The molecule has 382 valence electrons. The molecular formula is C72H70BN3S. The van der Waals surface area contributed by atoms with E-state index in [0.29, 0.717) is 0 Å². The van der Waals surface area contributed by atoms with Crippen molar-refractivity contribution < 1.29 is 0 Å². The van der Waals surface area contributed by atoms with E-state index in [9.17, 15) is 0 Å². The molecule has 0 radical (unpaired) electrons. The van der Waals surface area contributed by atoms with Crippen LogP contribution in [0.25, 0.3) is 58.8 Å². The van der Waals surface area contributed by atoms with Crippen LogP contribution in [-0.4, -0.2) is 11.3 Å². The van der Waals surface area contributed by atoms with Gasteiger partial charge in [-0.3, -0.25) is 0 Å². The number of thiophene rings is 1. The van der Waals surface area contributed by atoms with Crippen molar-refractivity contribution in [1.29, 1.82) is 0 Å². The smallest absolute Gasteiger partial charge is 0.252 e. The van der Waals surface area contributed by atoms with Crippen molar-refractivity contribution in [3.05, 3.63) is 203 Å². The van der Waals surface area contributed by atoms with Crippen molar-refractivity contribution in [1.82, 2.24) is 4.57 Å². The van der Waals surface area contributed by atoms with Gasteiger partial charge in [0.15, 0.2) is 0 Å². The van der Waals surface area contributed by atoms with Crippen LogP contribution < -0.4 is 26.2 Å². The van der Waals surface area contributed by atoms with Gasteiger partial charge in [0.1, 0.15) is 0 Å². The molecule has 5 heteroatoms. The molecule has 2 aliphatic rings. The molecule has 0 N–H and O–H groups in total. The maximum Gasteiger partial charge on any atom is 0.252 e. The van der Waals surface area contributed by atoms with Gasteiger partial charge in [0, 0.05) is 70.8 Å². The van der Waals surface area contributed by atoms with Gasteiger partial charge in [-0.1, -0.05) is 192 Å². The van der Waals surface area contributed by atoms with E-state index < -0.39 is 0 Å². The first-order valence-electron chi connectivity index (χ1n) is 27.8. The lowest BCUT2D eigenvalue weighted by atomic mass is 9.33. The van der Waals surface area contributed by atoms with Crippen LogP contribution >= 0.6 is 11.3 Å². The largest absolute Gasteiger partial charge is 0.311 e. The predicted octanol–water partition coefficient (Wildman–Crippen LogP) is 18.7. The summed E-state index contributed by atoms with van der Waals surface area (Å²) in [7, 11) is 0. The summed E-state index contributed by atoms with van der Waals surface area (Å²) in [6.07, 6.45) is 0. The van der Waals surface area contributed by atoms with Gasteiger partial charge in [-0.15, -0.1) is 11.3 Å². The van der Waals surface area contributed by atoms with Crippen LogP contribution in [0.4, 0.5) is 34.1 Å². The minimum atomic E-state index is -0.159. The van der Waals surface area contributed by atoms with Crippen molar-refractivity contribution >= 4 is 111 Å². The van der Waals surface area contributed by atoms with E-state index in [4.69, 9.17) is 0 Å². The molecule has 4 heterocycles. The van der Waals surface area contributed by atoms with Crippen molar-refractivity contribution in [2.45, 2.75) is 119 Å². The molecule has 11 aromatic rings. The van der Waals surface area contributed by atoms with Gasteiger partial charge in [-0.05, 0) is 157 Å². The fraction of sp³-hybridized carbons (Fsp3) is 0.250. The van der Waals surface area contributed by atoms with Gasteiger partial charge < -0.3 is 14.4 Å². The average molecular weight is 1020 g/mol. The van der Waals surface area contributed by atoms with E-state index in [-0.39, 0.29) is 28.4 Å². The zero-order chi connectivity index (χ0) is 53.8. The maximum atomic E-state index is 2.65. The number of para-hydroxylation sites is 2. The second-order valence-corrected chi connectivity index (χ2v) is 27.4. The highest BCUT2D eigenvalue weighted by atomic mass is 32.1. The number of fused-ring (bicyclic) bond motifs is 10. The van der Waals surface area contributed by atoms with Crippen molar-refractivity contribution in [2.24, 2.45) is 0 Å². The zero-order valence-electron chi connectivity index (χ0n) is 47.5. The second-order valence-electron chi connectivity index (χ2n) is 26.3. The Morgan fingerprint density at radius 1 is 0.403 bits per heavy atom. The van der Waals surface area contributed by atoms with E-state index in [0.717, 1.165) is 5.69 Å². The minimum Gasteiger partial charge on any atom is -0.311 e. The molecule has 9 aromatic carbocycles. The minimum absolute atomic E-state index is 0.0449. The molecule has 0 saturated carbocycles. The van der Waals surface area contributed by atoms with Crippen LogP contribution in [-0.2, 0) is 21.7 Å². The summed E-state index contributed by atoms with van der Waals surface area (Å²) in [6, 6.07) is 65.5. The first-order chi connectivity index (χ1) is 36.6. The molecule has 0 atom stereocenters. The van der Waals surface area contributed by atoms with Crippen LogP contribution in [0.15, 0.2) is 170 Å². The van der Waals surface area contributed by atoms with Gasteiger partial charge in [-0.25, -0.2) is 0 Å². The number of aromatic nitrogens is 1. The van der Waals surface area contributed by atoms with Gasteiger partial charge in [0.05, 0.1) is 11.0 Å². The Kier molecular flexibility index (Phi) is 10.9. The van der Waals surface area contributed by atoms with E-state index in [1.807, 2.05) is 11.3 Å². The summed E-state index contributed by atoms with van der Waals surface area (Å²) in [6.45, 7) is 33.1. The summed E-state index contributed by atoms with van der Waals surface area (Å²) >= 11 is 1.90. The van der Waals surface area contributed by atoms with Gasteiger partial charge >= 0.3 is 0 Å². The molecule has 2 aliphatic heterocycles. The molecule has 0 aliphatic carbocycles. The van der Waals surface area contributed by atoms with E-state index in [2.05, 4.69) is 281 Å². The highest BCUT2D eigenvalue weighted by Gasteiger charge is 2.47. The fourth-order valence-electron chi connectivity index (χ4n) is 13.3. The Bertz CT molecular complexity index is 4190. The standard InChI is InChI=1S/C72H70BN3S/c1-43-56(71(9,10)11)35-36-58-66(43)76(48-23-16-15-17-24-48)67-44(2)57(72(12,13)14)41-63-65(67)73(58)59-40-55-52-25-18-20-29-60(52)75(50-38-46(69(3,4)5)37-47(39-50)70(6,7)8)61(55)42-62(59)74(63)49-33-31-45(32-34-49)51-27-22-28-54-53-26-19-21-30-64(53)77-68(51)54/h15-42H,1-14H3. The quantitative estimate of drug-likeness (QED) is 0.163. The Hall–Kier alpha value is -7.34. The number of rotatable bonds is 4. The summed E-state index contributed by atoms with van der Waals surface area (Å²) < 4.78 is 5.23. The zero-order valence-corrected chi connectivity index (χ0v) is 48.3. The normalized spacial score (nSPS) is 13.8. The van der Waals surface area contributed by atoms with Crippen molar-refractivity contribution in [2.75, 3.05) is 9.80 Å². The number of hydrogen-bond donors (Lipinski definition) is 0. The first-order valence-corrected chi connectivity index (χ1v) is 28.6. The topological polar surface area (TPSA) is 11.4 Å². The third-order valence-electron chi connectivity index (χ3n) is 17.1. The Morgan fingerprint density at radius 3 is 1.69 bits per heavy atom. The molecule has 77 heavy (non-hydrogen) atoms. The first kappa shape index (κ1) is 49.3. The Labute approximate surface area is 460 Å². The maximum absolute atomic E-state index is 2.65. The molecule has 13 rings (SSSR count). The van der Waals surface area contributed by atoms with Crippen LogP contribution in [0, 0.1) is 13.8 Å². The fourth-order valence-corrected chi connectivity index (χ4v) is 14.5. The summed E-state index contributed by atoms with van der Waals surface area (Å²) in [5, 5.41) is 5.18. The molecule has 0 amide bonds. The predicted molar refractivity (Wildman–Crippen MR) is 337 cm³/mol. The molecule has 3 nitrogen and oxygen atoms in total. The lowest BCUT2D eigenvalue weighted by Gasteiger charge is -2.47. The number of hydrogen-bond acceptors (Lipinski definition) is 3. The summed E-state index contributed by atoms with van der Waals surface area (Å²) in [4.78, 5) is 5.29. The second kappa shape index (κ2) is 17.1. The molecule has 0 saturated heterocycles. The molecule has 0 unspecified atom stereocenters. The van der Waals surface area contributed by atoms with Crippen LogP contribution in [0.3, 0.4) is 0 Å². The van der Waals surface area contributed by atoms with Crippen LogP contribution in [0.5, 0.6) is 0 Å².